The number of furan rings is 1. The first kappa shape index (κ1) is 27.5. The molecule has 0 fully saturated rings. The molecule has 4 nitrogen and oxygen atoms in total. The van der Waals surface area contributed by atoms with Crippen molar-refractivity contribution in [3.05, 3.63) is 164 Å². The third kappa shape index (κ3) is 4.73. The van der Waals surface area contributed by atoms with E-state index in [1.807, 2.05) is 42.5 Å². The van der Waals surface area contributed by atoms with Gasteiger partial charge in [0.2, 0.25) is 0 Å². The second kappa shape index (κ2) is 11.0. The number of hydrogen-bond donors (Lipinski definition) is 0. The molecule has 4 heteroatoms. The van der Waals surface area contributed by atoms with E-state index < -0.39 is 0 Å². The summed E-state index contributed by atoms with van der Waals surface area (Å²) in [5.41, 5.74) is 6.95. The van der Waals surface area contributed by atoms with Gasteiger partial charge in [-0.15, -0.1) is 0 Å². The molecule has 10 aromatic rings. The van der Waals surface area contributed by atoms with Crippen molar-refractivity contribution < 1.29 is 4.42 Å². The summed E-state index contributed by atoms with van der Waals surface area (Å²) < 4.78 is 6.38. The first-order valence-corrected chi connectivity index (χ1v) is 16.4. The second-order valence-electron chi connectivity index (χ2n) is 12.5. The van der Waals surface area contributed by atoms with Crippen LogP contribution >= 0.6 is 0 Å². The first-order chi connectivity index (χ1) is 24.2. The Hall–Kier alpha value is -6.65. The number of rotatable bonds is 4. The van der Waals surface area contributed by atoms with Crippen molar-refractivity contribution in [3.8, 4) is 45.3 Å². The topological polar surface area (TPSA) is 51.8 Å². The highest BCUT2D eigenvalue weighted by molar-refractivity contribution is 6.15. The quantitative estimate of drug-likeness (QED) is 0.195. The van der Waals surface area contributed by atoms with E-state index in [0.717, 1.165) is 76.7 Å². The lowest BCUT2D eigenvalue weighted by atomic mass is 9.97. The maximum Gasteiger partial charge on any atom is 0.164 e. The normalized spacial score (nSPS) is 11.7. The number of nitrogens with zero attached hydrogens (tertiary/aromatic N) is 3. The molecule has 0 spiro atoms. The molecule has 0 unspecified atom stereocenters. The molecule has 0 atom stereocenters. The second-order valence-corrected chi connectivity index (χ2v) is 12.5. The largest absolute Gasteiger partial charge is 0.455 e. The zero-order valence-electron chi connectivity index (χ0n) is 26.3. The third-order valence-corrected chi connectivity index (χ3v) is 9.47. The lowest BCUT2D eigenvalue weighted by Gasteiger charge is -2.10. The highest BCUT2D eigenvalue weighted by Crippen LogP contribution is 2.37. The summed E-state index contributed by atoms with van der Waals surface area (Å²) >= 11 is 0. The van der Waals surface area contributed by atoms with Crippen LogP contribution in [-0.2, 0) is 0 Å². The number of para-hydroxylation sites is 1. The molecule has 2 aromatic heterocycles. The molecule has 0 amide bonds. The summed E-state index contributed by atoms with van der Waals surface area (Å²) in [5, 5.41) is 9.15. The van der Waals surface area contributed by atoms with Gasteiger partial charge in [0.05, 0.1) is 0 Å². The van der Waals surface area contributed by atoms with E-state index in [-0.39, 0.29) is 0 Å². The Morgan fingerprint density at radius 3 is 1.61 bits per heavy atom. The Morgan fingerprint density at radius 2 is 0.837 bits per heavy atom. The van der Waals surface area contributed by atoms with Gasteiger partial charge < -0.3 is 4.42 Å². The minimum atomic E-state index is 0.641. The van der Waals surface area contributed by atoms with Crippen LogP contribution < -0.4 is 0 Å². The number of benzene rings is 8. The lowest BCUT2D eigenvalue weighted by Crippen LogP contribution is -2.00. The van der Waals surface area contributed by atoms with Crippen molar-refractivity contribution in [2.75, 3.05) is 0 Å². The highest BCUT2D eigenvalue weighted by atomic mass is 16.3. The Bertz CT molecular complexity index is 2890. The maximum atomic E-state index is 6.38. The van der Waals surface area contributed by atoms with Gasteiger partial charge in [0.1, 0.15) is 11.2 Å². The molecule has 0 saturated carbocycles. The van der Waals surface area contributed by atoms with Crippen LogP contribution in [0.15, 0.2) is 168 Å². The molecule has 0 radical (unpaired) electrons. The fourth-order valence-electron chi connectivity index (χ4n) is 6.93. The van der Waals surface area contributed by atoms with Crippen molar-refractivity contribution in [2.24, 2.45) is 0 Å². The zero-order valence-corrected chi connectivity index (χ0v) is 26.3. The summed E-state index contributed by atoms with van der Waals surface area (Å²) in [5.74, 6) is 1.94. The molecule has 0 saturated heterocycles. The Balaban J connectivity index is 1.10. The smallest absolute Gasteiger partial charge is 0.164 e. The molecule has 0 aliphatic rings. The third-order valence-electron chi connectivity index (χ3n) is 9.47. The summed E-state index contributed by atoms with van der Waals surface area (Å²) in [4.78, 5) is 15.0. The summed E-state index contributed by atoms with van der Waals surface area (Å²) in [7, 11) is 0. The molecule has 49 heavy (non-hydrogen) atoms. The van der Waals surface area contributed by atoms with Gasteiger partial charge in [-0.1, -0.05) is 127 Å². The van der Waals surface area contributed by atoms with Crippen LogP contribution in [-0.4, -0.2) is 15.0 Å². The van der Waals surface area contributed by atoms with Crippen molar-refractivity contribution in [3.63, 3.8) is 0 Å². The van der Waals surface area contributed by atoms with Crippen LogP contribution in [0.4, 0.5) is 0 Å². The standard InChI is InChI=1S/C45H27N3O/c1-2-9-31(10-3-1)43-46-44(35-20-15-28-8-4-5-11-32(28)24-35)48-45(47-43)36-21-16-29-14-18-33(25-37(29)26-36)34-19-17-30-22-23-39-38-12-6-7-13-41(38)49-42(39)40(30)27-34/h1-27H. The predicted octanol–water partition coefficient (Wildman–Crippen LogP) is 11.9. The molecule has 0 N–H and O–H groups in total. The van der Waals surface area contributed by atoms with Gasteiger partial charge in [0.25, 0.3) is 0 Å². The fraction of sp³-hybridized carbons (Fsp3) is 0. The van der Waals surface area contributed by atoms with Crippen molar-refractivity contribution in [1.29, 1.82) is 0 Å². The van der Waals surface area contributed by atoms with E-state index >= 15 is 0 Å². The molecular formula is C45H27N3O. The SMILES string of the molecule is c1ccc(-c2nc(-c3ccc4ccccc4c3)nc(-c3ccc4ccc(-c5ccc6ccc7c8ccccc8oc7c6c5)cc4c3)n2)cc1. The maximum absolute atomic E-state index is 6.38. The highest BCUT2D eigenvalue weighted by Gasteiger charge is 2.15. The van der Waals surface area contributed by atoms with Crippen LogP contribution in [0.25, 0.3) is 99.5 Å². The minimum absolute atomic E-state index is 0.641. The molecule has 2 heterocycles. The van der Waals surface area contributed by atoms with E-state index in [4.69, 9.17) is 19.4 Å². The fourth-order valence-corrected chi connectivity index (χ4v) is 6.93. The van der Waals surface area contributed by atoms with Crippen LogP contribution in [0.3, 0.4) is 0 Å². The average molecular weight is 626 g/mol. The zero-order chi connectivity index (χ0) is 32.3. The molecule has 10 rings (SSSR count). The molecular weight excluding hydrogens is 599 g/mol. The average Bonchev–Trinajstić information content (AvgIpc) is 3.56. The van der Waals surface area contributed by atoms with Crippen molar-refractivity contribution >= 4 is 54.3 Å². The first-order valence-electron chi connectivity index (χ1n) is 16.4. The summed E-state index contributed by atoms with van der Waals surface area (Å²) in [6, 6.07) is 57.1. The van der Waals surface area contributed by atoms with E-state index in [0.29, 0.717) is 17.5 Å². The Labute approximate surface area is 282 Å². The lowest BCUT2D eigenvalue weighted by molar-refractivity contribution is 0.672. The summed E-state index contributed by atoms with van der Waals surface area (Å²) in [6.07, 6.45) is 0. The van der Waals surface area contributed by atoms with E-state index in [2.05, 4.69) is 121 Å². The van der Waals surface area contributed by atoms with Crippen molar-refractivity contribution in [1.82, 2.24) is 15.0 Å². The monoisotopic (exact) mass is 625 g/mol. The molecule has 8 aromatic carbocycles. The van der Waals surface area contributed by atoms with Gasteiger partial charge in [-0.3, -0.25) is 0 Å². The van der Waals surface area contributed by atoms with Gasteiger partial charge in [-0.2, -0.15) is 0 Å². The van der Waals surface area contributed by atoms with Crippen LogP contribution in [0.1, 0.15) is 0 Å². The van der Waals surface area contributed by atoms with Crippen LogP contribution in [0.5, 0.6) is 0 Å². The number of fused-ring (bicyclic) bond motifs is 7. The van der Waals surface area contributed by atoms with Gasteiger partial charge in [-0.25, -0.2) is 15.0 Å². The molecule has 0 bridgehead atoms. The minimum Gasteiger partial charge on any atom is -0.455 e. The Kier molecular flexibility index (Phi) is 6.15. The van der Waals surface area contributed by atoms with Crippen LogP contribution in [0.2, 0.25) is 0 Å². The predicted molar refractivity (Wildman–Crippen MR) is 201 cm³/mol. The molecule has 0 aliphatic carbocycles. The summed E-state index contributed by atoms with van der Waals surface area (Å²) in [6.45, 7) is 0. The van der Waals surface area contributed by atoms with Crippen molar-refractivity contribution in [2.45, 2.75) is 0 Å². The van der Waals surface area contributed by atoms with E-state index in [1.54, 1.807) is 0 Å². The number of hydrogen-bond acceptors (Lipinski definition) is 4. The van der Waals surface area contributed by atoms with E-state index in [1.165, 1.54) is 5.39 Å². The van der Waals surface area contributed by atoms with Crippen LogP contribution in [0, 0.1) is 0 Å². The molecule has 0 aliphatic heterocycles. The van der Waals surface area contributed by atoms with Gasteiger partial charge in [0.15, 0.2) is 17.5 Å². The van der Waals surface area contributed by atoms with Gasteiger partial charge in [0, 0.05) is 32.8 Å². The molecule has 228 valence electrons. The Morgan fingerprint density at radius 1 is 0.306 bits per heavy atom. The van der Waals surface area contributed by atoms with Gasteiger partial charge >= 0.3 is 0 Å². The van der Waals surface area contributed by atoms with Gasteiger partial charge in [-0.05, 0) is 74.5 Å². The number of aromatic nitrogens is 3. The van der Waals surface area contributed by atoms with E-state index in [9.17, 15) is 0 Å².